The number of fused-ring (bicyclic) bond motifs is 1. The Bertz CT molecular complexity index is 1160. The number of nitrogens with zero attached hydrogens (tertiary/aromatic N) is 3. The van der Waals surface area contributed by atoms with Crippen molar-refractivity contribution in [2.24, 2.45) is 0 Å². The van der Waals surface area contributed by atoms with Crippen molar-refractivity contribution in [1.82, 2.24) is 9.78 Å². The third-order valence-corrected chi connectivity index (χ3v) is 4.69. The van der Waals surface area contributed by atoms with E-state index in [0.717, 1.165) is 22.5 Å². The molecule has 0 spiro atoms. The molecule has 4 aromatic rings. The molecule has 0 aliphatic carbocycles. The second kappa shape index (κ2) is 7.31. The van der Waals surface area contributed by atoms with E-state index in [1.807, 2.05) is 60.1 Å². The highest BCUT2D eigenvalue weighted by Gasteiger charge is 2.16. The first-order valence-electron chi connectivity index (χ1n) is 9.04. The van der Waals surface area contributed by atoms with Gasteiger partial charge in [-0.15, -0.1) is 0 Å². The minimum Gasteiger partial charge on any atom is -0.264 e. The maximum atomic E-state index is 9.80. The van der Waals surface area contributed by atoms with Crippen molar-refractivity contribution < 1.29 is 0 Å². The number of aryl methyl sites for hydroxylation is 1. The van der Waals surface area contributed by atoms with Gasteiger partial charge in [0.05, 0.1) is 5.69 Å². The van der Waals surface area contributed by atoms with Crippen molar-refractivity contribution >= 4 is 22.9 Å². The summed E-state index contributed by atoms with van der Waals surface area (Å²) in [5, 5.41) is 16.9. The van der Waals surface area contributed by atoms with E-state index in [4.69, 9.17) is 0 Å². The van der Waals surface area contributed by atoms with E-state index >= 15 is 0 Å². The molecule has 130 valence electrons. The average Bonchev–Trinajstić information content (AvgIpc) is 3.10. The van der Waals surface area contributed by atoms with Crippen molar-refractivity contribution in [2.45, 2.75) is 13.5 Å². The fourth-order valence-corrected chi connectivity index (χ4v) is 3.36. The molecule has 0 aliphatic heterocycles. The molecule has 1 aromatic heterocycles. The lowest BCUT2D eigenvalue weighted by Crippen LogP contribution is -1.99. The Morgan fingerprint density at radius 1 is 0.926 bits per heavy atom. The second-order valence-electron chi connectivity index (χ2n) is 6.30. The number of benzene rings is 3. The molecule has 3 heteroatoms. The molecule has 4 rings (SSSR count). The highest BCUT2D eigenvalue weighted by atomic mass is 15.3. The smallest absolute Gasteiger partial charge is 0.111 e. The van der Waals surface area contributed by atoms with Crippen LogP contribution in [0.15, 0.2) is 72.8 Å². The number of nitriles is 1. The van der Waals surface area contributed by atoms with Crippen molar-refractivity contribution in [2.75, 3.05) is 0 Å². The van der Waals surface area contributed by atoms with Crippen LogP contribution < -0.4 is 0 Å². The van der Waals surface area contributed by atoms with Crippen LogP contribution in [0.2, 0.25) is 0 Å². The lowest BCUT2D eigenvalue weighted by Gasteiger charge is -2.03. The van der Waals surface area contributed by atoms with E-state index in [0.29, 0.717) is 12.1 Å². The Labute approximate surface area is 158 Å². The molecular formula is C24H19N3. The topological polar surface area (TPSA) is 41.6 Å². The summed E-state index contributed by atoms with van der Waals surface area (Å²) in [6.45, 7) is 2.74. The third-order valence-electron chi connectivity index (χ3n) is 4.69. The average molecular weight is 349 g/mol. The monoisotopic (exact) mass is 349 g/mol. The van der Waals surface area contributed by atoms with Crippen LogP contribution in [0.3, 0.4) is 0 Å². The first-order chi connectivity index (χ1) is 13.3. The Morgan fingerprint density at radius 2 is 1.67 bits per heavy atom. The van der Waals surface area contributed by atoms with Gasteiger partial charge < -0.3 is 0 Å². The van der Waals surface area contributed by atoms with E-state index in [-0.39, 0.29) is 0 Å². The van der Waals surface area contributed by atoms with Crippen LogP contribution in [0.1, 0.15) is 23.7 Å². The molecule has 3 nitrogen and oxygen atoms in total. The molecular weight excluding hydrogens is 330 g/mol. The van der Waals surface area contributed by atoms with Crippen molar-refractivity contribution in [3.63, 3.8) is 0 Å². The Hall–Kier alpha value is -3.64. The van der Waals surface area contributed by atoms with Gasteiger partial charge in [0.2, 0.25) is 0 Å². The summed E-state index contributed by atoms with van der Waals surface area (Å²) < 4.78 is 1.89. The van der Waals surface area contributed by atoms with E-state index in [9.17, 15) is 5.26 Å². The standard InChI is InChI=1S/C24H19N3/c1-2-27-23(22(17-25)24(26-27)20-10-4-3-5-11-20)16-15-19-13-8-12-18-9-6-7-14-21(18)19/h3-16H,2H2,1H3/b16-15+. The summed E-state index contributed by atoms with van der Waals surface area (Å²) in [4.78, 5) is 0. The highest BCUT2D eigenvalue weighted by molar-refractivity contribution is 5.93. The molecule has 1 heterocycles. The zero-order valence-corrected chi connectivity index (χ0v) is 15.1. The minimum atomic E-state index is 0.611. The predicted molar refractivity (Wildman–Crippen MR) is 111 cm³/mol. The van der Waals surface area contributed by atoms with Crippen molar-refractivity contribution in [3.8, 4) is 17.3 Å². The summed E-state index contributed by atoms with van der Waals surface area (Å²) >= 11 is 0. The summed E-state index contributed by atoms with van der Waals surface area (Å²) in [7, 11) is 0. The van der Waals surface area contributed by atoms with Gasteiger partial charge in [0.1, 0.15) is 17.3 Å². The molecule has 0 aliphatic rings. The van der Waals surface area contributed by atoms with Gasteiger partial charge in [-0.05, 0) is 29.3 Å². The maximum Gasteiger partial charge on any atom is 0.111 e. The highest BCUT2D eigenvalue weighted by Crippen LogP contribution is 2.27. The lowest BCUT2D eigenvalue weighted by atomic mass is 10.0. The van der Waals surface area contributed by atoms with Crippen LogP contribution in [-0.2, 0) is 6.54 Å². The molecule has 3 aromatic carbocycles. The minimum absolute atomic E-state index is 0.611. The van der Waals surface area contributed by atoms with Crippen LogP contribution in [0.4, 0.5) is 0 Å². The summed E-state index contributed by atoms with van der Waals surface area (Å²) in [5.74, 6) is 0. The predicted octanol–water partition coefficient (Wildman–Crippen LogP) is 5.77. The largest absolute Gasteiger partial charge is 0.264 e. The Balaban J connectivity index is 1.83. The first-order valence-corrected chi connectivity index (χ1v) is 9.04. The van der Waals surface area contributed by atoms with Gasteiger partial charge in [-0.3, -0.25) is 4.68 Å². The zero-order valence-electron chi connectivity index (χ0n) is 15.1. The van der Waals surface area contributed by atoms with Crippen molar-refractivity contribution in [3.05, 3.63) is 89.6 Å². The van der Waals surface area contributed by atoms with Gasteiger partial charge in [0.15, 0.2) is 0 Å². The van der Waals surface area contributed by atoms with Crippen LogP contribution in [0.25, 0.3) is 34.2 Å². The number of hydrogen-bond donors (Lipinski definition) is 0. The molecule has 0 atom stereocenters. The quantitative estimate of drug-likeness (QED) is 0.469. The second-order valence-corrected chi connectivity index (χ2v) is 6.30. The number of aromatic nitrogens is 2. The van der Waals surface area contributed by atoms with Gasteiger partial charge in [0, 0.05) is 12.1 Å². The number of hydrogen-bond acceptors (Lipinski definition) is 2. The van der Waals surface area contributed by atoms with Gasteiger partial charge >= 0.3 is 0 Å². The van der Waals surface area contributed by atoms with E-state index in [1.54, 1.807) is 0 Å². The molecule has 0 saturated heterocycles. The van der Waals surface area contributed by atoms with Gasteiger partial charge in [0.25, 0.3) is 0 Å². The molecule has 0 unspecified atom stereocenters. The summed E-state index contributed by atoms with van der Waals surface area (Å²) in [6, 6.07) is 26.8. The first kappa shape index (κ1) is 16.8. The van der Waals surface area contributed by atoms with E-state index < -0.39 is 0 Å². The molecule has 27 heavy (non-hydrogen) atoms. The summed E-state index contributed by atoms with van der Waals surface area (Å²) in [6.07, 6.45) is 4.07. The van der Waals surface area contributed by atoms with Gasteiger partial charge in [-0.2, -0.15) is 10.4 Å². The molecule has 0 amide bonds. The maximum absolute atomic E-state index is 9.80. The zero-order chi connectivity index (χ0) is 18.6. The summed E-state index contributed by atoms with van der Waals surface area (Å²) in [5.41, 5.74) is 4.27. The molecule has 0 radical (unpaired) electrons. The van der Waals surface area contributed by atoms with Gasteiger partial charge in [-0.25, -0.2) is 0 Å². The molecule has 0 bridgehead atoms. The molecule has 0 N–H and O–H groups in total. The molecule has 0 fully saturated rings. The number of rotatable bonds is 4. The van der Waals surface area contributed by atoms with Crippen molar-refractivity contribution in [1.29, 1.82) is 5.26 Å². The fourth-order valence-electron chi connectivity index (χ4n) is 3.36. The van der Waals surface area contributed by atoms with E-state index in [2.05, 4.69) is 47.6 Å². The SMILES string of the molecule is CCn1nc(-c2ccccc2)c(C#N)c1/C=C/c1cccc2ccccc12. The fraction of sp³-hybridized carbons (Fsp3) is 0.0833. The van der Waals surface area contributed by atoms with Crippen LogP contribution in [-0.4, -0.2) is 9.78 Å². The molecule has 0 saturated carbocycles. The lowest BCUT2D eigenvalue weighted by molar-refractivity contribution is 0.656. The third kappa shape index (κ3) is 3.14. The van der Waals surface area contributed by atoms with Crippen LogP contribution >= 0.6 is 0 Å². The van der Waals surface area contributed by atoms with Crippen LogP contribution in [0.5, 0.6) is 0 Å². The van der Waals surface area contributed by atoms with E-state index in [1.165, 1.54) is 10.8 Å². The Morgan fingerprint density at radius 3 is 2.44 bits per heavy atom. The van der Waals surface area contributed by atoms with Gasteiger partial charge in [-0.1, -0.05) is 78.9 Å². The normalized spacial score (nSPS) is 11.1. The Kier molecular flexibility index (Phi) is 4.55. The van der Waals surface area contributed by atoms with Crippen LogP contribution in [0, 0.1) is 11.3 Å².